The second kappa shape index (κ2) is 8.87. The Labute approximate surface area is 161 Å². The third-order valence-corrected chi connectivity index (χ3v) is 3.97. The van der Waals surface area contributed by atoms with Crippen LogP contribution in [-0.4, -0.2) is 18.4 Å². The van der Waals surface area contributed by atoms with Gasteiger partial charge in [0.25, 0.3) is 11.8 Å². The molecular weight excluding hydrogens is 364 g/mol. The lowest BCUT2D eigenvalue weighted by Gasteiger charge is -2.09. The van der Waals surface area contributed by atoms with Crippen LogP contribution in [0.3, 0.4) is 0 Å². The molecule has 0 radical (unpaired) electrons. The number of hydrogen-bond acceptors (Lipinski definition) is 3. The second-order valence-corrected chi connectivity index (χ2v) is 6.13. The van der Waals surface area contributed by atoms with Gasteiger partial charge in [-0.25, -0.2) is 0 Å². The van der Waals surface area contributed by atoms with Gasteiger partial charge in [0.05, 0.1) is 0 Å². The number of nitrogens with one attached hydrogen (secondary N) is 2. The fourth-order valence-corrected chi connectivity index (χ4v) is 2.58. The monoisotopic (exact) mass is 380 g/mol. The van der Waals surface area contributed by atoms with Crippen LogP contribution in [0.1, 0.15) is 10.4 Å². The van der Waals surface area contributed by atoms with E-state index in [9.17, 15) is 9.59 Å². The van der Waals surface area contributed by atoms with Gasteiger partial charge in [0.2, 0.25) is 0 Å². The fraction of sp³-hybridized carbons (Fsp3) is 0.0476. The minimum Gasteiger partial charge on any atom is -0.484 e. The molecule has 5 nitrogen and oxygen atoms in total. The highest BCUT2D eigenvalue weighted by atomic mass is 35.5. The van der Waals surface area contributed by atoms with Crippen molar-refractivity contribution in [1.82, 2.24) is 10.9 Å². The van der Waals surface area contributed by atoms with Crippen molar-refractivity contribution >= 4 is 23.4 Å². The first-order valence-electron chi connectivity index (χ1n) is 8.25. The van der Waals surface area contributed by atoms with Gasteiger partial charge in [0.15, 0.2) is 6.61 Å². The largest absolute Gasteiger partial charge is 0.484 e. The Morgan fingerprint density at radius 1 is 0.815 bits per heavy atom. The predicted molar refractivity (Wildman–Crippen MR) is 104 cm³/mol. The predicted octanol–water partition coefficient (Wildman–Crippen LogP) is 3.85. The number of hydrogen-bond donors (Lipinski definition) is 2. The first kappa shape index (κ1) is 18.5. The van der Waals surface area contributed by atoms with Crippen molar-refractivity contribution in [2.75, 3.05) is 6.61 Å². The molecule has 136 valence electrons. The molecule has 0 spiro atoms. The Hall–Kier alpha value is -3.31. The summed E-state index contributed by atoms with van der Waals surface area (Å²) in [6, 6.07) is 23.8. The van der Waals surface area contributed by atoms with Crippen molar-refractivity contribution < 1.29 is 14.3 Å². The van der Waals surface area contributed by atoms with Gasteiger partial charge in [-0.15, -0.1) is 0 Å². The van der Waals surface area contributed by atoms with E-state index in [1.807, 2.05) is 42.5 Å². The fourth-order valence-electron chi connectivity index (χ4n) is 2.39. The van der Waals surface area contributed by atoms with Crippen LogP contribution in [0.4, 0.5) is 0 Å². The summed E-state index contributed by atoms with van der Waals surface area (Å²) in [7, 11) is 0. The molecule has 2 amide bonds. The van der Waals surface area contributed by atoms with E-state index < -0.39 is 11.8 Å². The summed E-state index contributed by atoms with van der Waals surface area (Å²) in [4.78, 5) is 23.8. The SMILES string of the molecule is O=C(COc1ccc(-c2ccccc2)cc1)NNC(=O)c1cccc(Cl)c1. The lowest BCUT2D eigenvalue weighted by atomic mass is 10.1. The van der Waals surface area contributed by atoms with Crippen molar-refractivity contribution in [3.05, 3.63) is 89.4 Å². The van der Waals surface area contributed by atoms with Gasteiger partial charge in [-0.3, -0.25) is 20.4 Å². The van der Waals surface area contributed by atoms with Crippen molar-refractivity contribution in [3.63, 3.8) is 0 Å². The standard InChI is InChI=1S/C21H17ClN2O3/c22-18-8-4-7-17(13-18)21(26)24-23-20(25)14-27-19-11-9-16(10-12-19)15-5-2-1-3-6-15/h1-13H,14H2,(H,23,25)(H,24,26). The lowest BCUT2D eigenvalue weighted by Crippen LogP contribution is -2.43. The highest BCUT2D eigenvalue weighted by Crippen LogP contribution is 2.21. The van der Waals surface area contributed by atoms with Gasteiger partial charge in [0, 0.05) is 10.6 Å². The van der Waals surface area contributed by atoms with Crippen molar-refractivity contribution in [2.24, 2.45) is 0 Å². The maximum atomic E-state index is 11.9. The number of ether oxygens (including phenoxy) is 1. The summed E-state index contributed by atoms with van der Waals surface area (Å²) < 4.78 is 5.43. The minimum absolute atomic E-state index is 0.222. The minimum atomic E-state index is -0.475. The lowest BCUT2D eigenvalue weighted by molar-refractivity contribution is -0.123. The second-order valence-electron chi connectivity index (χ2n) is 5.69. The molecule has 0 aliphatic heterocycles. The Morgan fingerprint density at radius 2 is 1.52 bits per heavy atom. The highest BCUT2D eigenvalue weighted by molar-refractivity contribution is 6.30. The van der Waals surface area contributed by atoms with Crippen LogP contribution in [0.2, 0.25) is 5.02 Å². The van der Waals surface area contributed by atoms with Crippen LogP contribution >= 0.6 is 11.6 Å². The maximum absolute atomic E-state index is 11.9. The number of rotatable bonds is 5. The number of carbonyl (C=O) groups excluding carboxylic acids is 2. The molecule has 0 saturated heterocycles. The van der Waals surface area contributed by atoms with E-state index in [2.05, 4.69) is 10.9 Å². The third kappa shape index (κ3) is 5.33. The number of benzene rings is 3. The quantitative estimate of drug-likeness (QED) is 0.661. The first-order valence-corrected chi connectivity index (χ1v) is 8.62. The van der Waals surface area contributed by atoms with Gasteiger partial charge in [-0.2, -0.15) is 0 Å². The smallest absolute Gasteiger partial charge is 0.276 e. The van der Waals surface area contributed by atoms with Crippen LogP contribution in [0.15, 0.2) is 78.9 Å². The Balaban J connectivity index is 1.47. The number of hydrazine groups is 1. The van der Waals surface area contributed by atoms with Crippen LogP contribution < -0.4 is 15.6 Å². The van der Waals surface area contributed by atoms with Crippen molar-refractivity contribution in [1.29, 1.82) is 0 Å². The molecular formula is C21H17ClN2O3. The van der Waals surface area contributed by atoms with Crippen LogP contribution in [-0.2, 0) is 4.79 Å². The number of carbonyl (C=O) groups is 2. The molecule has 0 unspecified atom stereocenters. The molecule has 0 saturated carbocycles. The summed E-state index contributed by atoms with van der Waals surface area (Å²) >= 11 is 5.83. The van der Waals surface area contributed by atoms with Gasteiger partial charge in [0.1, 0.15) is 5.75 Å². The van der Waals surface area contributed by atoms with E-state index in [0.29, 0.717) is 16.3 Å². The zero-order chi connectivity index (χ0) is 19.1. The molecule has 27 heavy (non-hydrogen) atoms. The van der Waals surface area contributed by atoms with Gasteiger partial charge >= 0.3 is 0 Å². The van der Waals surface area contributed by atoms with Crippen LogP contribution in [0, 0.1) is 0 Å². The molecule has 0 atom stereocenters. The maximum Gasteiger partial charge on any atom is 0.276 e. The summed E-state index contributed by atoms with van der Waals surface area (Å²) in [5.41, 5.74) is 7.12. The number of halogens is 1. The average Bonchev–Trinajstić information content (AvgIpc) is 2.71. The summed E-state index contributed by atoms with van der Waals surface area (Å²) in [6.07, 6.45) is 0. The van der Waals surface area contributed by atoms with Gasteiger partial charge < -0.3 is 4.74 Å². The molecule has 6 heteroatoms. The van der Waals surface area contributed by atoms with Crippen molar-refractivity contribution in [3.8, 4) is 16.9 Å². The molecule has 0 aliphatic carbocycles. The van der Waals surface area contributed by atoms with Gasteiger partial charge in [-0.1, -0.05) is 60.1 Å². The molecule has 3 aromatic carbocycles. The molecule has 0 fully saturated rings. The average molecular weight is 381 g/mol. The van der Waals surface area contributed by atoms with E-state index in [1.165, 1.54) is 6.07 Å². The van der Waals surface area contributed by atoms with E-state index in [4.69, 9.17) is 16.3 Å². The molecule has 0 aliphatic rings. The topological polar surface area (TPSA) is 67.4 Å². The first-order chi connectivity index (χ1) is 13.1. The van der Waals surface area contributed by atoms with Crippen molar-refractivity contribution in [2.45, 2.75) is 0 Å². The summed E-state index contributed by atoms with van der Waals surface area (Å²) in [5.74, 6) is -0.374. The summed E-state index contributed by atoms with van der Waals surface area (Å²) in [5, 5.41) is 0.441. The molecule has 0 aromatic heterocycles. The zero-order valence-electron chi connectivity index (χ0n) is 14.3. The molecule has 0 bridgehead atoms. The molecule has 2 N–H and O–H groups in total. The third-order valence-electron chi connectivity index (χ3n) is 3.73. The van der Waals surface area contributed by atoms with Crippen LogP contribution in [0.25, 0.3) is 11.1 Å². The summed E-state index contributed by atoms with van der Waals surface area (Å²) in [6.45, 7) is -0.222. The van der Waals surface area contributed by atoms with E-state index >= 15 is 0 Å². The Morgan fingerprint density at radius 3 is 2.22 bits per heavy atom. The Bertz CT molecular complexity index is 928. The van der Waals surface area contributed by atoms with E-state index in [0.717, 1.165) is 11.1 Å². The number of amides is 2. The molecule has 0 heterocycles. The van der Waals surface area contributed by atoms with E-state index in [-0.39, 0.29) is 6.61 Å². The van der Waals surface area contributed by atoms with Gasteiger partial charge in [-0.05, 0) is 41.5 Å². The molecule has 3 rings (SSSR count). The highest BCUT2D eigenvalue weighted by Gasteiger charge is 2.08. The molecule has 3 aromatic rings. The van der Waals surface area contributed by atoms with Crippen LogP contribution in [0.5, 0.6) is 5.75 Å². The Kier molecular flexibility index (Phi) is 6.07. The van der Waals surface area contributed by atoms with E-state index in [1.54, 1.807) is 30.3 Å². The normalized spacial score (nSPS) is 10.1. The zero-order valence-corrected chi connectivity index (χ0v) is 15.1.